The normalized spacial score (nSPS) is 24.4. The highest BCUT2D eigenvalue weighted by Crippen LogP contribution is 2.58. The van der Waals surface area contributed by atoms with E-state index in [0.29, 0.717) is 36.8 Å². The van der Waals surface area contributed by atoms with Crippen molar-refractivity contribution in [3.05, 3.63) is 39.9 Å². The average Bonchev–Trinajstić information content (AvgIpc) is 3.68. The third kappa shape index (κ3) is 4.42. The van der Waals surface area contributed by atoms with Crippen LogP contribution in [0.3, 0.4) is 0 Å². The number of fused-ring (bicyclic) bond motifs is 2. The second-order valence-corrected chi connectivity index (χ2v) is 11.4. The minimum absolute atomic E-state index is 0.0268. The predicted molar refractivity (Wildman–Crippen MR) is 129 cm³/mol. The van der Waals surface area contributed by atoms with Crippen LogP contribution in [0.15, 0.2) is 23.1 Å². The molecule has 3 atom stereocenters. The van der Waals surface area contributed by atoms with Crippen LogP contribution in [0.4, 0.5) is 10.1 Å². The summed E-state index contributed by atoms with van der Waals surface area (Å²) < 4.78 is 22.5. The summed E-state index contributed by atoms with van der Waals surface area (Å²) in [5.41, 5.74) is -0.552. The van der Waals surface area contributed by atoms with Gasteiger partial charge in [0.25, 0.3) is 0 Å². The second kappa shape index (κ2) is 8.05. The number of hydrogen-bond donors (Lipinski definition) is 2. The van der Waals surface area contributed by atoms with Crippen LogP contribution >= 0.6 is 0 Å². The van der Waals surface area contributed by atoms with Crippen molar-refractivity contribution in [2.45, 2.75) is 64.6 Å². The Balaban J connectivity index is 1.37. The molecule has 35 heavy (non-hydrogen) atoms. The zero-order valence-electron chi connectivity index (χ0n) is 20.6. The first-order valence-corrected chi connectivity index (χ1v) is 12.2. The molecule has 2 heterocycles. The third-order valence-corrected chi connectivity index (χ3v) is 7.44. The number of carboxylic acids is 1. The van der Waals surface area contributed by atoms with E-state index in [9.17, 15) is 19.5 Å². The Morgan fingerprint density at radius 1 is 1.31 bits per heavy atom. The topological polar surface area (TPSA) is 101 Å². The predicted octanol–water partition coefficient (Wildman–Crippen LogP) is 3.32. The maximum absolute atomic E-state index is 15.3. The number of aromatic nitrogens is 1. The smallest absolute Gasteiger partial charge is 0.341 e. The molecule has 0 bridgehead atoms. The van der Waals surface area contributed by atoms with Crippen molar-refractivity contribution in [2.24, 2.45) is 11.3 Å². The number of rotatable bonds is 7. The fourth-order valence-corrected chi connectivity index (χ4v) is 5.29. The lowest BCUT2D eigenvalue weighted by Crippen LogP contribution is -2.42. The fraction of sp³-hybridized carbons (Fsp3) is 0.577. The van der Waals surface area contributed by atoms with Crippen LogP contribution in [-0.4, -0.2) is 52.9 Å². The number of nitrogens with one attached hydrogen (secondary N) is 1. The lowest BCUT2D eigenvalue weighted by molar-refractivity contribution is -0.157. The van der Waals surface area contributed by atoms with E-state index in [1.807, 2.05) is 30.2 Å². The van der Waals surface area contributed by atoms with Gasteiger partial charge in [0.05, 0.1) is 11.2 Å². The number of nitrogens with zero attached hydrogens (tertiary/aromatic N) is 2. The lowest BCUT2D eigenvalue weighted by atomic mass is 10.1. The summed E-state index contributed by atoms with van der Waals surface area (Å²) in [6.45, 7) is 9.29. The van der Waals surface area contributed by atoms with Crippen molar-refractivity contribution in [2.75, 3.05) is 24.5 Å². The molecule has 0 amide bonds. The van der Waals surface area contributed by atoms with Crippen molar-refractivity contribution in [1.82, 2.24) is 9.88 Å². The monoisotopic (exact) mass is 485 g/mol. The van der Waals surface area contributed by atoms with Crippen LogP contribution in [0.5, 0.6) is 0 Å². The van der Waals surface area contributed by atoms with Gasteiger partial charge in [0.15, 0.2) is 0 Å². The van der Waals surface area contributed by atoms with Crippen LogP contribution in [0.2, 0.25) is 0 Å². The molecular weight excluding hydrogens is 453 g/mol. The van der Waals surface area contributed by atoms with Crippen molar-refractivity contribution >= 4 is 28.5 Å². The van der Waals surface area contributed by atoms with E-state index in [1.54, 1.807) is 13.0 Å². The molecular formula is C26H32FN3O5. The van der Waals surface area contributed by atoms with E-state index in [2.05, 4.69) is 5.32 Å². The first-order chi connectivity index (χ1) is 16.4. The zero-order valence-corrected chi connectivity index (χ0v) is 20.6. The molecule has 0 radical (unpaired) electrons. The van der Waals surface area contributed by atoms with E-state index in [1.165, 1.54) is 12.3 Å². The molecule has 0 spiro atoms. The van der Waals surface area contributed by atoms with Crippen molar-refractivity contribution < 1.29 is 23.8 Å². The van der Waals surface area contributed by atoms with Crippen LogP contribution in [-0.2, 0) is 9.53 Å². The van der Waals surface area contributed by atoms with Crippen LogP contribution in [0.25, 0.3) is 10.9 Å². The third-order valence-electron chi connectivity index (χ3n) is 7.44. The van der Waals surface area contributed by atoms with E-state index >= 15 is 4.39 Å². The molecule has 5 rings (SSSR count). The molecule has 2 saturated carbocycles. The standard InChI is InChI=1S/C26H32FN3O5/c1-14(24(34)35-25(2,3)4)28-12-26-9-15(26)10-29(13-26)21-8-20-17(7-19(21)27)22(31)18(23(32)33)11-30(20)16-5-6-16/h7-8,11,14-16,28H,5-6,9-10,12-13H2,1-4H3,(H,32,33). The van der Waals surface area contributed by atoms with Gasteiger partial charge in [-0.2, -0.15) is 0 Å². The average molecular weight is 486 g/mol. The number of halogens is 1. The van der Waals surface area contributed by atoms with Gasteiger partial charge in [-0.15, -0.1) is 0 Å². The maximum Gasteiger partial charge on any atom is 0.341 e. The quantitative estimate of drug-likeness (QED) is 0.580. The number of carboxylic acid groups (broad SMARTS) is 1. The molecule has 188 valence electrons. The molecule has 9 heteroatoms. The van der Waals surface area contributed by atoms with Gasteiger partial charge in [-0.05, 0) is 65.0 Å². The van der Waals surface area contributed by atoms with Gasteiger partial charge < -0.3 is 24.6 Å². The van der Waals surface area contributed by atoms with Gasteiger partial charge >= 0.3 is 11.9 Å². The molecule has 1 aliphatic heterocycles. The van der Waals surface area contributed by atoms with E-state index in [0.717, 1.165) is 19.3 Å². The Morgan fingerprint density at radius 3 is 2.66 bits per heavy atom. The number of carbonyl (C=O) groups excluding carboxylic acids is 1. The number of ether oxygens (including phenoxy) is 1. The van der Waals surface area contributed by atoms with Gasteiger partial charge in [0.1, 0.15) is 23.0 Å². The Kier molecular flexibility index (Phi) is 5.47. The fourth-order valence-electron chi connectivity index (χ4n) is 5.29. The molecule has 2 N–H and O–H groups in total. The summed E-state index contributed by atoms with van der Waals surface area (Å²) in [5, 5.41) is 12.8. The van der Waals surface area contributed by atoms with Crippen LogP contribution in [0.1, 0.15) is 63.4 Å². The van der Waals surface area contributed by atoms with E-state index < -0.39 is 28.9 Å². The zero-order chi connectivity index (χ0) is 25.3. The van der Waals surface area contributed by atoms with Gasteiger partial charge in [0, 0.05) is 42.7 Å². The summed E-state index contributed by atoms with van der Waals surface area (Å²) in [6.07, 6.45) is 4.22. The Bertz CT molecular complexity index is 1280. The first kappa shape index (κ1) is 23.8. The molecule has 1 aromatic heterocycles. The Morgan fingerprint density at radius 2 is 2.03 bits per heavy atom. The molecule has 3 unspecified atom stereocenters. The Labute approximate surface area is 203 Å². The largest absolute Gasteiger partial charge is 0.477 e. The van der Waals surface area contributed by atoms with Crippen LogP contribution in [0, 0.1) is 17.2 Å². The summed E-state index contributed by atoms with van der Waals surface area (Å²) in [4.78, 5) is 38.6. The minimum atomic E-state index is -1.30. The summed E-state index contributed by atoms with van der Waals surface area (Å²) in [7, 11) is 0. The molecule has 3 aliphatic rings. The highest BCUT2D eigenvalue weighted by atomic mass is 19.1. The van der Waals surface area contributed by atoms with Crippen molar-refractivity contribution in [3.63, 3.8) is 0 Å². The van der Waals surface area contributed by atoms with Gasteiger partial charge in [0.2, 0.25) is 5.43 Å². The number of carbonyl (C=O) groups is 2. The number of pyridine rings is 1. The molecule has 8 nitrogen and oxygen atoms in total. The van der Waals surface area contributed by atoms with Gasteiger partial charge in [-0.1, -0.05) is 0 Å². The van der Waals surface area contributed by atoms with Crippen molar-refractivity contribution in [1.29, 1.82) is 0 Å². The highest BCUT2D eigenvalue weighted by Gasteiger charge is 2.60. The van der Waals surface area contributed by atoms with E-state index in [-0.39, 0.29) is 28.4 Å². The molecule has 2 aromatic rings. The number of aromatic carboxylic acids is 1. The second-order valence-electron chi connectivity index (χ2n) is 11.4. The van der Waals surface area contributed by atoms with Gasteiger partial charge in [-0.3, -0.25) is 9.59 Å². The molecule has 3 fully saturated rings. The van der Waals surface area contributed by atoms with Gasteiger partial charge in [-0.25, -0.2) is 9.18 Å². The molecule has 1 aromatic carbocycles. The highest BCUT2D eigenvalue weighted by molar-refractivity contribution is 5.93. The lowest BCUT2D eigenvalue weighted by Gasteiger charge is -2.26. The first-order valence-electron chi connectivity index (χ1n) is 12.2. The number of benzene rings is 1. The summed E-state index contributed by atoms with van der Waals surface area (Å²) in [5.74, 6) is -1.72. The number of anilines is 1. The number of hydrogen-bond acceptors (Lipinski definition) is 6. The summed E-state index contributed by atoms with van der Waals surface area (Å²) in [6, 6.07) is 2.59. The number of piperidine rings is 1. The SMILES string of the molecule is CC(NCC12CC1CN(c1cc3c(cc1F)c(=O)c(C(=O)O)cn3C1CC1)C2)C(=O)OC(C)(C)C. The Hall–Kier alpha value is -2.94. The minimum Gasteiger partial charge on any atom is -0.477 e. The maximum atomic E-state index is 15.3. The van der Waals surface area contributed by atoms with E-state index in [4.69, 9.17) is 4.74 Å². The molecule has 1 saturated heterocycles. The summed E-state index contributed by atoms with van der Waals surface area (Å²) >= 11 is 0. The van der Waals surface area contributed by atoms with Crippen molar-refractivity contribution in [3.8, 4) is 0 Å². The molecule has 2 aliphatic carbocycles. The number of esters is 1. The van der Waals surface area contributed by atoms with Crippen LogP contribution < -0.4 is 15.6 Å².